The second-order valence-corrected chi connectivity index (χ2v) is 4.57. The van der Waals surface area contributed by atoms with Crippen LogP contribution in [0.2, 0.25) is 0 Å². The van der Waals surface area contributed by atoms with E-state index in [0.29, 0.717) is 4.47 Å². The number of halogens is 4. The molecule has 0 aliphatic heterocycles. The predicted molar refractivity (Wildman–Crippen MR) is 65.8 cm³/mol. The molecule has 0 aromatic heterocycles. The maximum Gasteiger partial charge on any atom is 0.573 e. The van der Waals surface area contributed by atoms with Crippen molar-refractivity contribution >= 4 is 15.9 Å². The van der Waals surface area contributed by atoms with Crippen molar-refractivity contribution in [2.45, 2.75) is 18.6 Å². The van der Waals surface area contributed by atoms with Crippen molar-refractivity contribution in [1.82, 2.24) is 0 Å². The Labute approximate surface area is 119 Å². The number of aliphatic hydroxyl groups is 2. The van der Waals surface area contributed by atoms with Gasteiger partial charge >= 0.3 is 6.36 Å². The smallest absolute Gasteiger partial charge is 0.405 e. The summed E-state index contributed by atoms with van der Waals surface area (Å²) in [6.07, 6.45) is -8.18. The topological polar surface area (TPSA) is 98.5 Å². The van der Waals surface area contributed by atoms with Gasteiger partial charge in [0.2, 0.25) is 0 Å². The van der Waals surface area contributed by atoms with Gasteiger partial charge in [0.15, 0.2) is 0 Å². The summed E-state index contributed by atoms with van der Waals surface area (Å²) in [7, 11) is 0. The molecule has 1 aromatic carbocycles. The van der Waals surface area contributed by atoms with E-state index in [9.17, 15) is 23.4 Å². The Kier molecular flexibility index (Phi) is 5.63. The molecule has 0 saturated heterocycles. The number of aliphatic hydroxyl groups excluding tert-OH is 2. The van der Waals surface area contributed by atoms with Crippen LogP contribution in [0.15, 0.2) is 27.8 Å². The summed E-state index contributed by atoms with van der Waals surface area (Å²) < 4.78 is 40.9. The SMILES string of the molecule is [N-]=[N+]=NCC(O)C(O)c1ccc(Br)cc1OC(F)(F)F. The minimum atomic E-state index is -4.94. The van der Waals surface area contributed by atoms with E-state index in [-0.39, 0.29) is 5.56 Å². The zero-order valence-corrected chi connectivity index (χ0v) is 11.3. The van der Waals surface area contributed by atoms with Crippen molar-refractivity contribution < 1.29 is 28.1 Å². The quantitative estimate of drug-likeness (QED) is 0.482. The Morgan fingerprint density at radius 1 is 1.40 bits per heavy atom. The van der Waals surface area contributed by atoms with Gasteiger partial charge in [-0.2, -0.15) is 0 Å². The van der Waals surface area contributed by atoms with Gasteiger partial charge in [0, 0.05) is 14.9 Å². The molecule has 0 fully saturated rings. The van der Waals surface area contributed by atoms with Crippen LogP contribution in [-0.2, 0) is 0 Å². The molecular weight excluding hydrogens is 347 g/mol. The summed E-state index contributed by atoms with van der Waals surface area (Å²) in [4.78, 5) is 2.38. The summed E-state index contributed by atoms with van der Waals surface area (Å²) in [6, 6.07) is 3.55. The Balaban J connectivity index is 3.06. The van der Waals surface area contributed by atoms with E-state index in [1.807, 2.05) is 0 Å². The lowest BCUT2D eigenvalue weighted by atomic mass is 10.0. The molecule has 2 atom stereocenters. The fraction of sp³-hybridized carbons (Fsp3) is 0.400. The standard InChI is InChI=1S/C10H9BrF3N3O3/c11-5-1-2-6(8(3-5)20-10(12,13)14)9(19)7(18)4-16-17-15/h1-3,7,9,18-19H,4H2. The summed E-state index contributed by atoms with van der Waals surface area (Å²) in [5.41, 5.74) is 7.83. The van der Waals surface area contributed by atoms with Gasteiger partial charge in [-0.25, -0.2) is 0 Å². The number of nitrogens with zero attached hydrogens (tertiary/aromatic N) is 3. The highest BCUT2D eigenvalue weighted by Gasteiger charge is 2.33. The van der Waals surface area contributed by atoms with E-state index in [1.165, 1.54) is 6.07 Å². The summed E-state index contributed by atoms with van der Waals surface area (Å²) in [5, 5.41) is 22.4. The van der Waals surface area contributed by atoms with Crippen molar-refractivity contribution in [3.05, 3.63) is 38.7 Å². The number of alkyl halides is 3. The maximum absolute atomic E-state index is 12.3. The predicted octanol–water partition coefficient (Wildman–Crippen LogP) is 3.05. The van der Waals surface area contributed by atoms with Crippen LogP contribution in [0, 0.1) is 0 Å². The molecule has 2 N–H and O–H groups in total. The molecule has 0 heterocycles. The first-order valence-corrected chi connectivity index (χ1v) is 5.96. The number of hydrogen-bond donors (Lipinski definition) is 2. The number of benzene rings is 1. The van der Waals surface area contributed by atoms with E-state index < -0.39 is 30.9 Å². The van der Waals surface area contributed by atoms with Crippen LogP contribution in [0.4, 0.5) is 13.2 Å². The molecule has 2 unspecified atom stereocenters. The molecule has 0 amide bonds. The van der Waals surface area contributed by atoms with Crippen molar-refractivity contribution in [3.8, 4) is 5.75 Å². The van der Waals surface area contributed by atoms with Crippen LogP contribution < -0.4 is 4.74 Å². The third kappa shape index (κ3) is 4.89. The van der Waals surface area contributed by atoms with Crippen LogP contribution in [0.5, 0.6) is 5.75 Å². The minimum Gasteiger partial charge on any atom is -0.405 e. The molecule has 0 aliphatic carbocycles. The van der Waals surface area contributed by atoms with Gasteiger partial charge in [-0.3, -0.25) is 0 Å². The first-order chi connectivity index (χ1) is 9.24. The van der Waals surface area contributed by atoms with Crippen molar-refractivity contribution in [2.24, 2.45) is 5.11 Å². The van der Waals surface area contributed by atoms with E-state index in [1.54, 1.807) is 0 Å². The molecule has 0 bridgehead atoms. The summed E-state index contributed by atoms with van der Waals surface area (Å²) in [5.74, 6) is -0.653. The van der Waals surface area contributed by atoms with Gasteiger partial charge in [-0.05, 0) is 17.7 Å². The van der Waals surface area contributed by atoms with E-state index in [4.69, 9.17) is 5.53 Å². The van der Waals surface area contributed by atoms with Crippen LogP contribution >= 0.6 is 15.9 Å². The lowest BCUT2D eigenvalue weighted by Gasteiger charge is -2.20. The number of ether oxygens (including phenoxy) is 1. The van der Waals surface area contributed by atoms with E-state index in [2.05, 4.69) is 30.7 Å². The number of rotatable bonds is 5. The van der Waals surface area contributed by atoms with Gasteiger partial charge in [-0.15, -0.1) is 13.2 Å². The molecule has 1 aromatic rings. The van der Waals surface area contributed by atoms with Crippen molar-refractivity contribution in [1.29, 1.82) is 0 Å². The Morgan fingerprint density at radius 2 is 2.05 bits per heavy atom. The third-order valence-corrected chi connectivity index (χ3v) is 2.71. The van der Waals surface area contributed by atoms with Crippen molar-refractivity contribution in [3.63, 3.8) is 0 Å². The van der Waals surface area contributed by atoms with Gasteiger partial charge in [0.05, 0.1) is 12.6 Å². The number of azide groups is 1. The average molecular weight is 356 g/mol. The molecular formula is C10H9BrF3N3O3. The monoisotopic (exact) mass is 355 g/mol. The normalized spacial score (nSPS) is 14.3. The van der Waals surface area contributed by atoms with E-state index in [0.717, 1.165) is 12.1 Å². The minimum absolute atomic E-state index is 0.272. The lowest BCUT2D eigenvalue weighted by Crippen LogP contribution is -2.24. The fourth-order valence-electron chi connectivity index (χ4n) is 1.39. The highest BCUT2D eigenvalue weighted by Crippen LogP contribution is 2.34. The van der Waals surface area contributed by atoms with Gasteiger partial charge < -0.3 is 14.9 Å². The molecule has 20 heavy (non-hydrogen) atoms. The van der Waals surface area contributed by atoms with Crippen molar-refractivity contribution in [2.75, 3.05) is 6.54 Å². The molecule has 0 radical (unpaired) electrons. The van der Waals surface area contributed by atoms with Crippen LogP contribution in [0.3, 0.4) is 0 Å². The maximum atomic E-state index is 12.3. The zero-order valence-electron chi connectivity index (χ0n) is 9.75. The second kappa shape index (κ2) is 6.80. The van der Waals surface area contributed by atoms with Gasteiger partial charge in [0.1, 0.15) is 11.9 Å². The van der Waals surface area contributed by atoms with Gasteiger partial charge in [-0.1, -0.05) is 27.1 Å². The molecule has 6 nitrogen and oxygen atoms in total. The molecule has 0 saturated carbocycles. The highest BCUT2D eigenvalue weighted by atomic mass is 79.9. The molecule has 0 aliphatic rings. The van der Waals surface area contributed by atoms with Gasteiger partial charge in [0.25, 0.3) is 0 Å². The molecule has 1 rings (SSSR count). The second-order valence-electron chi connectivity index (χ2n) is 3.66. The number of hydrogen-bond acceptors (Lipinski definition) is 4. The first kappa shape index (κ1) is 16.6. The summed E-state index contributed by atoms with van der Waals surface area (Å²) >= 11 is 2.97. The molecule has 110 valence electrons. The zero-order chi connectivity index (χ0) is 15.3. The van der Waals surface area contributed by atoms with E-state index >= 15 is 0 Å². The Hall–Kier alpha value is -1.48. The third-order valence-electron chi connectivity index (χ3n) is 2.22. The Bertz CT molecular complexity index is 520. The highest BCUT2D eigenvalue weighted by molar-refractivity contribution is 9.10. The first-order valence-electron chi connectivity index (χ1n) is 5.17. The lowest BCUT2D eigenvalue weighted by molar-refractivity contribution is -0.275. The molecule has 0 spiro atoms. The Morgan fingerprint density at radius 3 is 2.60 bits per heavy atom. The van der Waals surface area contributed by atoms with Crippen LogP contribution in [0.25, 0.3) is 10.4 Å². The summed E-state index contributed by atoms with van der Waals surface area (Å²) in [6.45, 7) is -0.487. The average Bonchev–Trinajstić information content (AvgIpc) is 2.33. The fourth-order valence-corrected chi connectivity index (χ4v) is 1.73. The van der Waals surface area contributed by atoms with Crippen LogP contribution in [0.1, 0.15) is 11.7 Å². The largest absolute Gasteiger partial charge is 0.573 e. The van der Waals surface area contributed by atoms with Crippen LogP contribution in [-0.4, -0.2) is 29.2 Å². The molecule has 10 heteroatoms.